The van der Waals surface area contributed by atoms with Gasteiger partial charge in [0.2, 0.25) is 0 Å². The average Bonchev–Trinajstić information content (AvgIpc) is 3.42. The first-order chi connectivity index (χ1) is 14.6. The molecule has 2 aliphatic heterocycles. The molecular weight excluding hydrogens is 390 g/mol. The number of ether oxygens (including phenoxy) is 4. The number of urea groups is 1. The van der Waals surface area contributed by atoms with Crippen LogP contribution in [0.25, 0.3) is 0 Å². The van der Waals surface area contributed by atoms with Crippen LogP contribution in [0.15, 0.2) is 30.6 Å². The number of hydrogen-bond donors (Lipinski definition) is 2. The summed E-state index contributed by atoms with van der Waals surface area (Å²) < 4.78 is 24.8. The Bertz CT molecular complexity index is 875. The topological polar surface area (TPSA) is 109 Å². The van der Waals surface area contributed by atoms with E-state index in [1.165, 1.54) is 0 Å². The van der Waals surface area contributed by atoms with Gasteiger partial charge in [-0.05, 0) is 25.1 Å². The van der Waals surface area contributed by atoms with Crippen molar-refractivity contribution in [3.63, 3.8) is 0 Å². The summed E-state index contributed by atoms with van der Waals surface area (Å²) >= 11 is 0. The molecule has 4 heterocycles. The minimum atomic E-state index is -0.324. The van der Waals surface area contributed by atoms with Crippen LogP contribution >= 0.6 is 0 Å². The van der Waals surface area contributed by atoms with Gasteiger partial charge in [-0.1, -0.05) is 0 Å². The summed E-state index contributed by atoms with van der Waals surface area (Å²) in [7, 11) is 3.41. The van der Waals surface area contributed by atoms with Crippen LogP contribution in [0.4, 0.5) is 4.79 Å². The van der Waals surface area contributed by atoms with Crippen molar-refractivity contribution >= 4 is 6.03 Å². The third kappa shape index (κ3) is 4.25. The molecule has 30 heavy (non-hydrogen) atoms. The summed E-state index contributed by atoms with van der Waals surface area (Å²) in [5, 5.41) is 10.1. The number of nitrogens with one attached hydrogen (secondary N) is 2. The number of carbonyl (C=O) groups excluding carboxylic acids is 1. The van der Waals surface area contributed by atoms with Gasteiger partial charge in [0, 0.05) is 26.6 Å². The fraction of sp³-hybridized carbons (Fsp3) is 0.550. The van der Waals surface area contributed by atoms with E-state index in [0.29, 0.717) is 25.6 Å². The molecule has 0 saturated carbocycles. The largest absolute Gasteiger partial charge is 0.483 e. The van der Waals surface area contributed by atoms with E-state index in [9.17, 15) is 4.79 Å². The van der Waals surface area contributed by atoms with Gasteiger partial charge in [0.05, 0.1) is 43.3 Å². The Balaban J connectivity index is 1.34. The van der Waals surface area contributed by atoms with Gasteiger partial charge in [-0.25, -0.2) is 4.79 Å². The first-order valence-corrected chi connectivity index (χ1v) is 9.92. The molecule has 10 heteroatoms. The van der Waals surface area contributed by atoms with Crippen molar-refractivity contribution in [2.45, 2.75) is 37.3 Å². The van der Waals surface area contributed by atoms with E-state index in [-0.39, 0.29) is 36.4 Å². The number of methoxy groups -OCH3 is 1. The summed E-state index contributed by atoms with van der Waals surface area (Å²) in [6, 6.07) is 4.65. The first-order valence-electron chi connectivity index (χ1n) is 9.92. The lowest BCUT2D eigenvalue weighted by atomic mass is 10.1. The van der Waals surface area contributed by atoms with Crippen molar-refractivity contribution in [1.82, 2.24) is 25.4 Å². The van der Waals surface area contributed by atoms with Crippen molar-refractivity contribution in [1.29, 1.82) is 0 Å². The highest BCUT2D eigenvalue weighted by atomic mass is 16.6. The zero-order valence-electron chi connectivity index (χ0n) is 17.3. The molecular formula is C20H27N5O5. The molecule has 5 atom stereocenters. The monoisotopic (exact) mass is 417 g/mol. The van der Waals surface area contributed by atoms with Gasteiger partial charge in [-0.2, -0.15) is 5.10 Å². The van der Waals surface area contributed by atoms with E-state index in [2.05, 4.69) is 20.7 Å². The predicted octanol–water partition coefficient (Wildman–Crippen LogP) is 0.724. The lowest BCUT2D eigenvalue weighted by molar-refractivity contribution is 0.0299. The molecule has 2 aliphatic rings. The van der Waals surface area contributed by atoms with Gasteiger partial charge in [-0.15, -0.1) is 0 Å². The fourth-order valence-electron chi connectivity index (χ4n) is 3.91. The maximum Gasteiger partial charge on any atom is 0.315 e. The SMILES string of the molecule is COCC(NC(=O)N[C@H]1CO[C@H]2[C@@H]1OC[C@@H]2Oc1cccnc1C)c1ccnn1C. The van der Waals surface area contributed by atoms with Gasteiger partial charge in [0.25, 0.3) is 0 Å². The molecule has 4 rings (SSSR count). The van der Waals surface area contributed by atoms with E-state index in [1.54, 1.807) is 24.2 Å². The minimum absolute atomic E-state index is 0.247. The average molecular weight is 417 g/mol. The van der Waals surface area contributed by atoms with Gasteiger partial charge in [0.15, 0.2) is 6.10 Å². The molecule has 10 nitrogen and oxygen atoms in total. The number of nitrogens with zero attached hydrogens (tertiary/aromatic N) is 3. The van der Waals surface area contributed by atoms with Crippen LogP contribution in [0.3, 0.4) is 0 Å². The lowest BCUT2D eigenvalue weighted by Gasteiger charge is -2.22. The molecule has 1 unspecified atom stereocenters. The second-order valence-corrected chi connectivity index (χ2v) is 7.45. The number of rotatable bonds is 7. The van der Waals surface area contributed by atoms with E-state index < -0.39 is 0 Å². The normalized spacial score (nSPS) is 26.2. The Kier molecular flexibility index (Phi) is 6.16. The Hall–Kier alpha value is -2.69. The van der Waals surface area contributed by atoms with Crippen LogP contribution in [0.2, 0.25) is 0 Å². The minimum Gasteiger partial charge on any atom is -0.483 e. The van der Waals surface area contributed by atoms with Crippen molar-refractivity contribution in [2.75, 3.05) is 26.9 Å². The summed E-state index contributed by atoms with van der Waals surface area (Å²) in [6.07, 6.45) is 2.65. The van der Waals surface area contributed by atoms with E-state index in [1.807, 2.05) is 32.2 Å². The first kappa shape index (κ1) is 20.6. The van der Waals surface area contributed by atoms with Gasteiger partial charge < -0.3 is 29.6 Å². The van der Waals surface area contributed by atoms with Crippen LogP contribution in [-0.2, 0) is 21.3 Å². The van der Waals surface area contributed by atoms with E-state index in [0.717, 1.165) is 11.4 Å². The molecule has 2 fully saturated rings. The van der Waals surface area contributed by atoms with Gasteiger partial charge >= 0.3 is 6.03 Å². The Morgan fingerprint density at radius 3 is 2.87 bits per heavy atom. The number of aryl methyl sites for hydroxylation is 2. The smallest absolute Gasteiger partial charge is 0.315 e. The Morgan fingerprint density at radius 2 is 2.13 bits per heavy atom. The number of pyridine rings is 1. The maximum absolute atomic E-state index is 12.6. The summed E-state index contributed by atoms with van der Waals surface area (Å²) in [5.41, 5.74) is 1.66. The number of hydrogen-bond acceptors (Lipinski definition) is 7. The second kappa shape index (κ2) is 8.99. The molecule has 2 aromatic rings. The number of carbonyl (C=O) groups is 1. The summed E-state index contributed by atoms with van der Waals surface area (Å²) in [4.78, 5) is 16.9. The van der Waals surface area contributed by atoms with Crippen LogP contribution in [0.1, 0.15) is 17.4 Å². The molecule has 2 N–H and O–H groups in total. The molecule has 0 bridgehead atoms. The van der Waals surface area contributed by atoms with Crippen LogP contribution < -0.4 is 15.4 Å². The highest BCUT2D eigenvalue weighted by Gasteiger charge is 2.49. The predicted molar refractivity (Wildman–Crippen MR) is 106 cm³/mol. The Labute approximate surface area is 174 Å². The number of fused-ring (bicyclic) bond motifs is 1. The van der Waals surface area contributed by atoms with E-state index >= 15 is 0 Å². The van der Waals surface area contributed by atoms with Crippen LogP contribution in [0, 0.1) is 6.92 Å². The third-order valence-corrected chi connectivity index (χ3v) is 5.42. The quantitative estimate of drug-likeness (QED) is 0.683. The van der Waals surface area contributed by atoms with Crippen molar-refractivity contribution in [3.05, 3.63) is 42.0 Å². The second-order valence-electron chi connectivity index (χ2n) is 7.45. The molecule has 2 amide bonds. The highest BCUT2D eigenvalue weighted by molar-refractivity contribution is 5.75. The lowest BCUT2D eigenvalue weighted by Crippen LogP contribution is -2.49. The third-order valence-electron chi connectivity index (χ3n) is 5.42. The molecule has 0 spiro atoms. The standard InChI is InChI=1S/C20H27N5O5/c1-12-16(5-4-7-21-12)30-17-11-29-18-14(10-28-19(17)18)24-20(26)23-13(9-27-3)15-6-8-22-25(15)2/h4-8,13-14,17-19H,9-11H2,1-3H3,(H2,23,24,26)/t13?,14-,17-,18+,19+/m0/s1. The van der Waals surface area contributed by atoms with Crippen molar-refractivity contribution in [2.24, 2.45) is 7.05 Å². The van der Waals surface area contributed by atoms with Crippen LogP contribution in [0.5, 0.6) is 5.75 Å². The number of aromatic nitrogens is 3. The Morgan fingerprint density at radius 1 is 1.30 bits per heavy atom. The van der Waals surface area contributed by atoms with Gasteiger partial charge in [-0.3, -0.25) is 9.67 Å². The molecule has 0 aliphatic carbocycles. The van der Waals surface area contributed by atoms with Gasteiger partial charge in [0.1, 0.15) is 18.0 Å². The fourth-order valence-corrected chi connectivity index (χ4v) is 3.91. The summed E-state index contributed by atoms with van der Waals surface area (Å²) in [6.45, 7) is 2.97. The van der Waals surface area contributed by atoms with Crippen LogP contribution in [-0.4, -0.2) is 72.1 Å². The highest BCUT2D eigenvalue weighted by Crippen LogP contribution is 2.30. The molecule has 0 radical (unpaired) electrons. The molecule has 2 aromatic heterocycles. The van der Waals surface area contributed by atoms with Crippen molar-refractivity contribution in [3.8, 4) is 5.75 Å². The molecule has 162 valence electrons. The summed E-state index contributed by atoms with van der Waals surface area (Å²) in [5.74, 6) is 0.711. The maximum atomic E-state index is 12.6. The zero-order chi connectivity index (χ0) is 21.1. The molecule has 2 saturated heterocycles. The molecule has 0 aromatic carbocycles. The van der Waals surface area contributed by atoms with E-state index in [4.69, 9.17) is 18.9 Å². The number of amides is 2. The zero-order valence-corrected chi connectivity index (χ0v) is 17.3. The van der Waals surface area contributed by atoms with Crippen molar-refractivity contribution < 1.29 is 23.7 Å².